The maximum Gasteiger partial charge on any atom is 0.238 e. The summed E-state index contributed by atoms with van der Waals surface area (Å²) in [6, 6.07) is 2.25. The molecule has 3 N–H and O–H groups in total. The molecule has 9 heteroatoms. The summed E-state index contributed by atoms with van der Waals surface area (Å²) in [7, 11) is 0. The van der Waals surface area contributed by atoms with Gasteiger partial charge in [0.1, 0.15) is 11.1 Å². The highest BCUT2D eigenvalue weighted by Crippen LogP contribution is 2.38. The molecule has 0 bridgehead atoms. The Bertz CT molecular complexity index is 776. The van der Waals surface area contributed by atoms with Gasteiger partial charge < -0.3 is 11.1 Å². The zero-order chi connectivity index (χ0) is 16.4. The number of carbonyl (C=O) groups is 1. The van der Waals surface area contributed by atoms with Gasteiger partial charge in [0.2, 0.25) is 11.0 Å². The number of thioether (sulfide) groups is 1. The van der Waals surface area contributed by atoms with E-state index in [0.29, 0.717) is 20.0 Å². The number of nitrogens with one attached hydrogen (secondary N) is 1. The van der Waals surface area contributed by atoms with E-state index in [1.54, 1.807) is 6.92 Å². The summed E-state index contributed by atoms with van der Waals surface area (Å²) in [6.07, 6.45) is 4.19. The molecule has 1 amide bonds. The van der Waals surface area contributed by atoms with Crippen LogP contribution in [0.1, 0.15) is 35.8 Å². The van der Waals surface area contributed by atoms with Crippen molar-refractivity contribution in [1.82, 2.24) is 10.2 Å². The van der Waals surface area contributed by atoms with Crippen LogP contribution in [-0.4, -0.2) is 21.4 Å². The largest absolute Gasteiger partial charge is 0.374 e. The molecule has 6 nitrogen and oxygen atoms in total. The molecule has 0 aromatic carbocycles. The van der Waals surface area contributed by atoms with Gasteiger partial charge in [0.05, 0.1) is 10.8 Å². The highest BCUT2D eigenvalue weighted by atomic mass is 32.2. The Morgan fingerprint density at radius 3 is 2.87 bits per heavy atom. The SMILES string of the molecule is C[C@H](Sc1nnc(N)s1)C(=O)Nc1sc2c(c1C#N)CCCC2. The fourth-order valence-corrected chi connectivity index (χ4v) is 5.48. The topological polar surface area (TPSA) is 105 Å². The van der Waals surface area contributed by atoms with Crippen LogP contribution in [0.25, 0.3) is 0 Å². The molecule has 0 fully saturated rings. The maximum atomic E-state index is 12.4. The molecule has 23 heavy (non-hydrogen) atoms. The van der Waals surface area contributed by atoms with Crippen LogP contribution in [0, 0.1) is 11.3 Å². The number of fused-ring (bicyclic) bond motifs is 1. The van der Waals surface area contributed by atoms with E-state index in [1.165, 1.54) is 39.3 Å². The van der Waals surface area contributed by atoms with Gasteiger partial charge >= 0.3 is 0 Å². The first kappa shape index (κ1) is 16.2. The standard InChI is InChI=1S/C14H15N5OS3/c1-7(21-14-19-18-13(16)23-14)11(20)17-12-9(6-15)8-4-2-3-5-10(8)22-12/h7H,2-5H2,1H3,(H2,16,18)(H,17,20)/t7-/m0/s1. The van der Waals surface area contributed by atoms with E-state index < -0.39 is 0 Å². The number of aryl methyl sites for hydroxylation is 1. The smallest absolute Gasteiger partial charge is 0.238 e. The number of nitriles is 1. The highest BCUT2D eigenvalue weighted by molar-refractivity contribution is 8.02. The third-order valence-corrected chi connectivity index (χ3v) is 6.73. The summed E-state index contributed by atoms with van der Waals surface area (Å²) in [5.74, 6) is -0.140. The lowest BCUT2D eigenvalue weighted by atomic mass is 9.96. The predicted octanol–water partition coefficient (Wildman–Crippen LogP) is 3.05. The van der Waals surface area contributed by atoms with Crippen LogP contribution in [0.5, 0.6) is 0 Å². The molecule has 2 heterocycles. The van der Waals surface area contributed by atoms with E-state index in [2.05, 4.69) is 21.6 Å². The number of carbonyl (C=O) groups excluding carboxylic acids is 1. The van der Waals surface area contributed by atoms with Gasteiger partial charge in [0, 0.05) is 4.88 Å². The molecule has 2 aromatic heterocycles. The fourth-order valence-electron chi connectivity index (χ4n) is 2.46. The van der Waals surface area contributed by atoms with E-state index in [1.807, 2.05) is 0 Å². The molecule has 1 aliphatic carbocycles. The quantitative estimate of drug-likeness (QED) is 0.807. The Kier molecular flexibility index (Phi) is 4.84. The lowest BCUT2D eigenvalue weighted by Crippen LogP contribution is -2.22. The van der Waals surface area contributed by atoms with Gasteiger partial charge in [-0.25, -0.2) is 0 Å². The Balaban J connectivity index is 1.72. The summed E-state index contributed by atoms with van der Waals surface area (Å²) in [5.41, 5.74) is 7.30. The number of rotatable bonds is 4. The molecule has 1 aliphatic rings. The predicted molar refractivity (Wildman–Crippen MR) is 93.9 cm³/mol. The minimum absolute atomic E-state index is 0.140. The van der Waals surface area contributed by atoms with Crippen molar-refractivity contribution in [1.29, 1.82) is 5.26 Å². The minimum atomic E-state index is -0.340. The number of nitrogens with two attached hydrogens (primary N) is 1. The van der Waals surface area contributed by atoms with E-state index in [0.717, 1.165) is 31.2 Å². The van der Waals surface area contributed by atoms with E-state index in [9.17, 15) is 10.1 Å². The van der Waals surface area contributed by atoms with Crippen LogP contribution in [-0.2, 0) is 17.6 Å². The Labute approximate surface area is 146 Å². The minimum Gasteiger partial charge on any atom is -0.374 e. The maximum absolute atomic E-state index is 12.4. The number of nitrogen functional groups attached to an aromatic ring is 1. The van der Waals surface area contributed by atoms with Crippen molar-refractivity contribution in [2.75, 3.05) is 11.1 Å². The molecular weight excluding hydrogens is 350 g/mol. The van der Waals surface area contributed by atoms with Crippen LogP contribution in [0.2, 0.25) is 0 Å². The average Bonchev–Trinajstić information content (AvgIpc) is 3.09. The molecule has 3 rings (SSSR count). The number of anilines is 2. The summed E-state index contributed by atoms with van der Waals surface area (Å²) >= 11 is 4.11. The molecule has 0 saturated carbocycles. The fraction of sp³-hybridized carbons (Fsp3) is 0.429. The third-order valence-electron chi connectivity index (χ3n) is 3.59. The molecule has 0 radical (unpaired) electrons. The van der Waals surface area contributed by atoms with Crippen molar-refractivity contribution in [3.63, 3.8) is 0 Å². The van der Waals surface area contributed by atoms with Crippen molar-refractivity contribution in [2.24, 2.45) is 0 Å². The van der Waals surface area contributed by atoms with Crippen LogP contribution in [0.3, 0.4) is 0 Å². The van der Waals surface area contributed by atoms with E-state index >= 15 is 0 Å². The first-order valence-electron chi connectivity index (χ1n) is 7.19. The highest BCUT2D eigenvalue weighted by Gasteiger charge is 2.24. The third kappa shape index (κ3) is 3.49. The van der Waals surface area contributed by atoms with Gasteiger partial charge in [0.15, 0.2) is 4.34 Å². The average molecular weight is 366 g/mol. The first-order valence-corrected chi connectivity index (χ1v) is 9.71. The van der Waals surface area contributed by atoms with Crippen molar-refractivity contribution < 1.29 is 4.79 Å². The van der Waals surface area contributed by atoms with Crippen LogP contribution < -0.4 is 11.1 Å². The Morgan fingerprint density at radius 2 is 2.17 bits per heavy atom. The lowest BCUT2D eigenvalue weighted by Gasteiger charge is -2.10. The molecule has 0 aliphatic heterocycles. The van der Waals surface area contributed by atoms with Gasteiger partial charge in [0.25, 0.3) is 0 Å². The van der Waals surface area contributed by atoms with Crippen molar-refractivity contribution in [2.45, 2.75) is 42.2 Å². The van der Waals surface area contributed by atoms with Crippen molar-refractivity contribution in [3.05, 3.63) is 16.0 Å². The molecule has 2 aromatic rings. The summed E-state index contributed by atoms with van der Waals surface area (Å²) in [4.78, 5) is 13.6. The van der Waals surface area contributed by atoms with Gasteiger partial charge in [-0.2, -0.15) is 5.26 Å². The van der Waals surface area contributed by atoms with Crippen molar-refractivity contribution in [3.8, 4) is 6.07 Å². The number of amides is 1. The summed E-state index contributed by atoms with van der Waals surface area (Å²) < 4.78 is 0.663. The summed E-state index contributed by atoms with van der Waals surface area (Å²) in [6.45, 7) is 1.80. The van der Waals surface area contributed by atoms with Gasteiger partial charge in [-0.1, -0.05) is 23.1 Å². The molecular formula is C14H15N5OS3. The Hall–Kier alpha value is -1.63. The monoisotopic (exact) mass is 365 g/mol. The number of aromatic nitrogens is 2. The van der Waals surface area contributed by atoms with Gasteiger partial charge in [-0.3, -0.25) is 4.79 Å². The van der Waals surface area contributed by atoms with Gasteiger partial charge in [-0.15, -0.1) is 21.5 Å². The Morgan fingerprint density at radius 1 is 1.39 bits per heavy atom. The van der Waals surface area contributed by atoms with Gasteiger partial charge in [-0.05, 0) is 38.2 Å². The molecule has 0 spiro atoms. The molecule has 0 saturated heterocycles. The van der Waals surface area contributed by atoms with Crippen LogP contribution in [0.4, 0.5) is 10.1 Å². The zero-order valence-electron chi connectivity index (χ0n) is 12.5. The normalized spacial score (nSPS) is 14.8. The number of nitrogens with zero attached hydrogens (tertiary/aromatic N) is 3. The lowest BCUT2D eigenvalue weighted by molar-refractivity contribution is -0.115. The number of hydrogen-bond acceptors (Lipinski definition) is 8. The van der Waals surface area contributed by atoms with Crippen molar-refractivity contribution >= 4 is 50.5 Å². The summed E-state index contributed by atoms with van der Waals surface area (Å²) in [5, 5.41) is 20.7. The second-order valence-corrected chi connectivity index (χ2v) is 8.88. The molecule has 120 valence electrons. The van der Waals surface area contributed by atoms with E-state index in [4.69, 9.17) is 5.73 Å². The second kappa shape index (κ2) is 6.86. The number of hydrogen-bond donors (Lipinski definition) is 2. The van der Waals surface area contributed by atoms with E-state index in [-0.39, 0.29) is 11.2 Å². The number of thiophene rings is 1. The van der Waals surface area contributed by atoms with Crippen LogP contribution in [0.15, 0.2) is 4.34 Å². The molecule has 1 atom stereocenters. The van der Waals surface area contributed by atoms with Crippen LogP contribution >= 0.6 is 34.4 Å². The molecule has 0 unspecified atom stereocenters. The second-order valence-electron chi connectivity index (χ2n) is 5.18. The first-order chi connectivity index (χ1) is 11.1. The zero-order valence-corrected chi connectivity index (χ0v) is 14.9.